The molecular formula is C20H18FN7O4S. The van der Waals surface area contributed by atoms with E-state index in [4.69, 9.17) is 0 Å². The van der Waals surface area contributed by atoms with Crippen molar-refractivity contribution in [2.75, 3.05) is 0 Å². The van der Waals surface area contributed by atoms with Crippen LogP contribution in [0.1, 0.15) is 35.9 Å². The number of carbonyl (C=O) groups is 1. The van der Waals surface area contributed by atoms with Crippen LogP contribution in [0, 0.1) is 5.82 Å². The van der Waals surface area contributed by atoms with Gasteiger partial charge in [0.05, 0.1) is 18.2 Å². The number of amides is 1. The van der Waals surface area contributed by atoms with Crippen LogP contribution in [0.4, 0.5) is 4.39 Å². The highest BCUT2D eigenvalue weighted by Crippen LogP contribution is 2.13. The highest BCUT2D eigenvalue weighted by molar-refractivity contribution is 7.89. The standard InChI is InChI=1S/C20H18FN7O4S/c1-2-3-4-14-9-16(29)17(26-28(14)13-7-5-12(21)6-8-13)19(30)27-33(31,32)20-22-10-15-18(25-20)24-11-23-15/h5-11H,2-4H2,1H3,(H,27,30)(H,22,23,24,25). The summed E-state index contributed by atoms with van der Waals surface area (Å²) in [6.07, 6.45) is 4.59. The molecule has 0 saturated heterocycles. The molecule has 0 saturated carbocycles. The van der Waals surface area contributed by atoms with E-state index in [1.807, 2.05) is 6.92 Å². The maximum Gasteiger partial charge on any atom is 0.300 e. The van der Waals surface area contributed by atoms with E-state index in [9.17, 15) is 22.4 Å². The fourth-order valence-electron chi connectivity index (χ4n) is 3.06. The Morgan fingerprint density at radius 2 is 1.97 bits per heavy atom. The lowest BCUT2D eigenvalue weighted by Gasteiger charge is -2.14. The molecule has 0 aliphatic heterocycles. The smallest absolute Gasteiger partial charge is 0.300 e. The van der Waals surface area contributed by atoms with Crippen LogP contribution in [-0.4, -0.2) is 44.0 Å². The van der Waals surface area contributed by atoms with Crippen molar-refractivity contribution >= 4 is 27.1 Å². The molecule has 13 heteroatoms. The quantitative estimate of drug-likeness (QED) is 0.385. The number of carbonyl (C=O) groups excluding carboxylic acids is 1. The van der Waals surface area contributed by atoms with Gasteiger partial charge in [0.2, 0.25) is 5.43 Å². The topological polar surface area (TPSA) is 153 Å². The Morgan fingerprint density at radius 1 is 1.21 bits per heavy atom. The number of rotatable bonds is 7. The first-order chi connectivity index (χ1) is 15.8. The predicted molar refractivity (Wildman–Crippen MR) is 115 cm³/mol. The number of imidazole rings is 1. The molecule has 3 aromatic heterocycles. The molecule has 0 atom stereocenters. The maximum absolute atomic E-state index is 13.4. The summed E-state index contributed by atoms with van der Waals surface area (Å²) in [5.41, 5.74) is 0.00780. The van der Waals surface area contributed by atoms with E-state index in [1.54, 1.807) is 4.72 Å². The number of halogens is 1. The van der Waals surface area contributed by atoms with Gasteiger partial charge in [-0.15, -0.1) is 0 Å². The van der Waals surface area contributed by atoms with Crippen LogP contribution in [0.5, 0.6) is 0 Å². The van der Waals surface area contributed by atoms with E-state index < -0.39 is 38.0 Å². The van der Waals surface area contributed by atoms with Gasteiger partial charge in [0.15, 0.2) is 11.3 Å². The fraction of sp³-hybridized carbons (Fsp3) is 0.200. The van der Waals surface area contributed by atoms with Gasteiger partial charge in [0, 0.05) is 11.8 Å². The van der Waals surface area contributed by atoms with Gasteiger partial charge in [-0.1, -0.05) is 13.3 Å². The molecule has 0 radical (unpaired) electrons. The largest absolute Gasteiger partial charge is 0.342 e. The first kappa shape index (κ1) is 22.2. The van der Waals surface area contributed by atoms with Crippen molar-refractivity contribution in [1.82, 2.24) is 34.4 Å². The lowest BCUT2D eigenvalue weighted by Crippen LogP contribution is -2.36. The summed E-state index contributed by atoms with van der Waals surface area (Å²) >= 11 is 0. The Morgan fingerprint density at radius 3 is 2.70 bits per heavy atom. The highest BCUT2D eigenvalue weighted by Gasteiger charge is 2.26. The minimum atomic E-state index is -4.51. The van der Waals surface area contributed by atoms with Gasteiger partial charge in [-0.25, -0.2) is 23.8 Å². The molecular weight excluding hydrogens is 453 g/mol. The number of unbranched alkanes of at least 4 members (excludes halogenated alkanes) is 1. The molecule has 0 bridgehead atoms. The van der Waals surface area contributed by atoms with Crippen molar-refractivity contribution < 1.29 is 17.6 Å². The van der Waals surface area contributed by atoms with Crippen molar-refractivity contribution in [3.05, 3.63) is 70.3 Å². The van der Waals surface area contributed by atoms with E-state index in [1.165, 1.54) is 47.5 Å². The second-order valence-electron chi connectivity index (χ2n) is 7.07. The number of benzene rings is 1. The number of fused-ring (bicyclic) bond motifs is 1. The second-order valence-corrected chi connectivity index (χ2v) is 8.64. The molecule has 4 aromatic rings. The van der Waals surface area contributed by atoms with Gasteiger partial charge in [-0.05, 0) is 37.1 Å². The van der Waals surface area contributed by atoms with Gasteiger partial charge < -0.3 is 4.98 Å². The molecule has 33 heavy (non-hydrogen) atoms. The molecule has 1 aromatic carbocycles. The van der Waals surface area contributed by atoms with Crippen molar-refractivity contribution in [2.45, 2.75) is 31.3 Å². The van der Waals surface area contributed by atoms with E-state index in [0.29, 0.717) is 23.3 Å². The summed E-state index contributed by atoms with van der Waals surface area (Å²) in [5.74, 6) is -1.71. The molecule has 11 nitrogen and oxygen atoms in total. The first-order valence-corrected chi connectivity index (χ1v) is 11.4. The summed E-state index contributed by atoms with van der Waals surface area (Å²) in [6, 6.07) is 6.53. The molecule has 4 rings (SSSR count). The van der Waals surface area contributed by atoms with Crippen LogP contribution in [0.15, 0.2) is 52.8 Å². The molecule has 1 amide bonds. The molecule has 0 aliphatic carbocycles. The number of nitrogens with one attached hydrogen (secondary N) is 2. The van der Waals surface area contributed by atoms with E-state index in [2.05, 4.69) is 25.0 Å². The Bertz CT molecular complexity index is 1500. The van der Waals surface area contributed by atoms with E-state index in [-0.39, 0.29) is 5.65 Å². The third-order valence-corrected chi connectivity index (χ3v) is 5.83. The molecule has 3 heterocycles. The average molecular weight is 471 g/mol. The Hall–Kier alpha value is -4.00. The lowest BCUT2D eigenvalue weighted by atomic mass is 10.1. The number of H-pyrrole nitrogens is 1. The fourth-order valence-corrected chi connectivity index (χ4v) is 3.89. The lowest BCUT2D eigenvalue weighted by molar-refractivity contribution is 0.0973. The minimum absolute atomic E-state index is 0.0925. The number of aryl methyl sites for hydroxylation is 1. The minimum Gasteiger partial charge on any atom is -0.342 e. The van der Waals surface area contributed by atoms with Gasteiger partial charge in [-0.2, -0.15) is 18.5 Å². The first-order valence-electron chi connectivity index (χ1n) is 9.91. The number of sulfonamides is 1. The second kappa shape index (κ2) is 8.86. The zero-order valence-electron chi connectivity index (χ0n) is 17.3. The average Bonchev–Trinajstić information content (AvgIpc) is 3.26. The number of aromatic amines is 1. The summed E-state index contributed by atoms with van der Waals surface area (Å²) in [6.45, 7) is 1.98. The predicted octanol–water partition coefficient (Wildman–Crippen LogP) is 1.50. The number of hydrogen-bond donors (Lipinski definition) is 2. The summed E-state index contributed by atoms with van der Waals surface area (Å²) in [7, 11) is -4.51. The molecule has 0 spiro atoms. The van der Waals surface area contributed by atoms with E-state index >= 15 is 0 Å². The monoisotopic (exact) mass is 471 g/mol. The normalized spacial score (nSPS) is 11.6. The maximum atomic E-state index is 13.4. The van der Waals surface area contributed by atoms with Gasteiger partial charge in [0.1, 0.15) is 11.3 Å². The Balaban J connectivity index is 1.71. The SMILES string of the molecule is CCCCc1cc(=O)c(C(=O)NS(=O)(=O)c2ncc3[nH]cnc3n2)nn1-c1ccc(F)cc1. The zero-order valence-corrected chi connectivity index (χ0v) is 18.1. The van der Waals surface area contributed by atoms with Crippen LogP contribution in [-0.2, 0) is 16.4 Å². The van der Waals surface area contributed by atoms with Crippen LogP contribution in [0.3, 0.4) is 0 Å². The van der Waals surface area contributed by atoms with Gasteiger partial charge >= 0.3 is 0 Å². The van der Waals surface area contributed by atoms with Crippen LogP contribution in [0.2, 0.25) is 0 Å². The van der Waals surface area contributed by atoms with Crippen molar-refractivity contribution in [1.29, 1.82) is 0 Å². The number of nitrogens with zero attached hydrogens (tertiary/aromatic N) is 5. The van der Waals surface area contributed by atoms with E-state index in [0.717, 1.165) is 12.8 Å². The van der Waals surface area contributed by atoms with Crippen molar-refractivity contribution in [2.24, 2.45) is 0 Å². The Labute approximate surface area is 186 Å². The molecule has 2 N–H and O–H groups in total. The Kier molecular flexibility index (Phi) is 5.96. The summed E-state index contributed by atoms with van der Waals surface area (Å²) in [4.78, 5) is 39.4. The molecule has 170 valence electrons. The van der Waals surface area contributed by atoms with Crippen molar-refractivity contribution in [3.8, 4) is 5.69 Å². The van der Waals surface area contributed by atoms with Gasteiger partial charge in [0.25, 0.3) is 21.1 Å². The number of aromatic nitrogens is 6. The molecule has 0 unspecified atom stereocenters. The highest BCUT2D eigenvalue weighted by atomic mass is 32.2. The van der Waals surface area contributed by atoms with Crippen LogP contribution >= 0.6 is 0 Å². The molecule has 0 aliphatic rings. The summed E-state index contributed by atoms with van der Waals surface area (Å²) in [5, 5.41) is 3.41. The zero-order chi connectivity index (χ0) is 23.6. The number of hydrogen-bond acceptors (Lipinski definition) is 8. The van der Waals surface area contributed by atoms with Crippen molar-refractivity contribution in [3.63, 3.8) is 0 Å². The molecule has 0 fully saturated rings. The third-order valence-electron chi connectivity index (χ3n) is 4.70. The van der Waals surface area contributed by atoms with Crippen LogP contribution < -0.4 is 10.2 Å². The van der Waals surface area contributed by atoms with Gasteiger partial charge in [-0.3, -0.25) is 9.59 Å². The third kappa shape index (κ3) is 4.62. The van der Waals surface area contributed by atoms with Crippen LogP contribution in [0.25, 0.3) is 16.9 Å². The summed E-state index contributed by atoms with van der Waals surface area (Å²) < 4.78 is 41.7.